The molecule has 0 spiro atoms. The van der Waals surface area contributed by atoms with Crippen LogP contribution in [0.1, 0.15) is 45.1 Å². The van der Waals surface area contributed by atoms with Crippen molar-refractivity contribution >= 4 is 11.3 Å². The normalized spacial score (nSPS) is 24.8. The van der Waals surface area contributed by atoms with E-state index in [0.717, 1.165) is 31.2 Å². The molecule has 0 amide bonds. The van der Waals surface area contributed by atoms with Gasteiger partial charge in [0, 0.05) is 0 Å². The molecule has 0 radical (unpaired) electrons. The van der Waals surface area contributed by atoms with E-state index in [-0.39, 0.29) is 0 Å². The first-order valence-electron chi connectivity index (χ1n) is 5.27. The molecule has 0 saturated heterocycles. The highest BCUT2D eigenvalue weighted by Crippen LogP contribution is 2.45. The summed E-state index contributed by atoms with van der Waals surface area (Å²) in [6.07, 6.45) is 4.08. The van der Waals surface area contributed by atoms with E-state index in [4.69, 9.17) is 0 Å². The van der Waals surface area contributed by atoms with Crippen LogP contribution in [0.3, 0.4) is 0 Å². The summed E-state index contributed by atoms with van der Waals surface area (Å²) in [5, 5.41) is 14.6. The molecule has 0 atom stereocenters. The van der Waals surface area contributed by atoms with Gasteiger partial charge in [0.15, 0.2) is 0 Å². The smallest absolute Gasteiger partial charge is 0.0905 e. The van der Waals surface area contributed by atoms with E-state index < -0.39 is 5.60 Å². The highest BCUT2D eigenvalue weighted by molar-refractivity contribution is 7.08. The zero-order chi connectivity index (χ0) is 10.2. The first-order valence-corrected chi connectivity index (χ1v) is 6.21. The fraction of sp³-hybridized carbons (Fsp3) is 0.667. The Morgan fingerprint density at radius 2 is 1.86 bits per heavy atom. The van der Waals surface area contributed by atoms with Gasteiger partial charge in [-0.1, -0.05) is 13.8 Å². The standard InChI is InChI=1S/C12H18OS/c1-11(2)4-6-12(13,7-5-11)10-3-8-14-9-10/h3,8-9,13H,4-7H2,1-2H3. The second-order valence-electron chi connectivity index (χ2n) is 5.21. The molecule has 78 valence electrons. The van der Waals surface area contributed by atoms with Crippen molar-refractivity contribution in [3.05, 3.63) is 22.4 Å². The topological polar surface area (TPSA) is 20.2 Å². The Hall–Kier alpha value is -0.340. The van der Waals surface area contributed by atoms with Crippen LogP contribution in [0.25, 0.3) is 0 Å². The third kappa shape index (κ3) is 1.86. The highest BCUT2D eigenvalue weighted by atomic mass is 32.1. The van der Waals surface area contributed by atoms with Crippen LogP contribution in [0.4, 0.5) is 0 Å². The number of thiophene rings is 1. The second kappa shape index (κ2) is 3.35. The summed E-state index contributed by atoms with van der Waals surface area (Å²) in [7, 11) is 0. The average molecular weight is 210 g/mol. The lowest BCUT2D eigenvalue weighted by molar-refractivity contribution is -0.0302. The van der Waals surface area contributed by atoms with E-state index in [1.165, 1.54) is 0 Å². The van der Waals surface area contributed by atoms with E-state index in [1.54, 1.807) is 11.3 Å². The number of hydrogen-bond donors (Lipinski definition) is 1. The van der Waals surface area contributed by atoms with Crippen LogP contribution in [0.15, 0.2) is 16.8 Å². The van der Waals surface area contributed by atoms with E-state index >= 15 is 0 Å². The molecule has 14 heavy (non-hydrogen) atoms. The highest BCUT2D eigenvalue weighted by Gasteiger charge is 2.37. The van der Waals surface area contributed by atoms with Crippen LogP contribution >= 0.6 is 11.3 Å². The maximum absolute atomic E-state index is 10.5. The van der Waals surface area contributed by atoms with Gasteiger partial charge in [0.05, 0.1) is 5.60 Å². The molecule has 1 fully saturated rings. The molecular weight excluding hydrogens is 192 g/mol. The van der Waals surface area contributed by atoms with Gasteiger partial charge >= 0.3 is 0 Å². The Balaban J connectivity index is 2.13. The Morgan fingerprint density at radius 3 is 2.36 bits per heavy atom. The third-order valence-electron chi connectivity index (χ3n) is 3.49. The fourth-order valence-corrected chi connectivity index (χ4v) is 2.91. The van der Waals surface area contributed by atoms with Crippen LogP contribution < -0.4 is 0 Å². The van der Waals surface area contributed by atoms with E-state index in [1.807, 2.05) is 5.38 Å². The fourth-order valence-electron chi connectivity index (χ4n) is 2.16. The maximum atomic E-state index is 10.5. The van der Waals surface area contributed by atoms with Gasteiger partial charge in [-0.2, -0.15) is 11.3 Å². The lowest BCUT2D eigenvalue weighted by Crippen LogP contribution is -2.34. The summed E-state index contributed by atoms with van der Waals surface area (Å²) >= 11 is 1.67. The van der Waals surface area contributed by atoms with Gasteiger partial charge in [-0.3, -0.25) is 0 Å². The molecule has 1 aromatic rings. The van der Waals surface area contributed by atoms with Gasteiger partial charge in [-0.15, -0.1) is 0 Å². The molecule has 2 heteroatoms. The van der Waals surface area contributed by atoms with Crippen molar-refractivity contribution in [3.8, 4) is 0 Å². The molecule has 1 aliphatic carbocycles. The van der Waals surface area contributed by atoms with E-state index in [2.05, 4.69) is 25.3 Å². The van der Waals surface area contributed by atoms with Gasteiger partial charge < -0.3 is 5.11 Å². The van der Waals surface area contributed by atoms with Gasteiger partial charge in [0.1, 0.15) is 0 Å². The van der Waals surface area contributed by atoms with Crippen molar-refractivity contribution < 1.29 is 5.11 Å². The predicted molar refractivity (Wildman–Crippen MR) is 60.5 cm³/mol. The van der Waals surface area contributed by atoms with Crippen molar-refractivity contribution in [2.45, 2.75) is 45.1 Å². The molecule has 0 unspecified atom stereocenters. The SMILES string of the molecule is CC1(C)CCC(O)(c2ccsc2)CC1. The zero-order valence-corrected chi connectivity index (χ0v) is 9.73. The Kier molecular flexibility index (Phi) is 2.44. The summed E-state index contributed by atoms with van der Waals surface area (Å²) in [6.45, 7) is 4.58. The monoisotopic (exact) mass is 210 g/mol. The molecule has 1 aromatic heterocycles. The van der Waals surface area contributed by atoms with Crippen LogP contribution in [-0.2, 0) is 5.60 Å². The molecule has 1 aliphatic rings. The van der Waals surface area contributed by atoms with Crippen molar-refractivity contribution in [2.75, 3.05) is 0 Å². The van der Waals surface area contributed by atoms with Crippen LogP contribution in [0.5, 0.6) is 0 Å². The first kappa shape index (κ1) is 10.2. The predicted octanol–water partition coefficient (Wildman–Crippen LogP) is 3.54. The maximum Gasteiger partial charge on any atom is 0.0905 e. The molecular formula is C12H18OS. The Morgan fingerprint density at radius 1 is 1.21 bits per heavy atom. The average Bonchev–Trinajstić information content (AvgIpc) is 2.64. The van der Waals surface area contributed by atoms with Crippen molar-refractivity contribution in [3.63, 3.8) is 0 Å². The molecule has 0 aromatic carbocycles. The van der Waals surface area contributed by atoms with Gasteiger partial charge in [0.25, 0.3) is 0 Å². The van der Waals surface area contributed by atoms with Crippen molar-refractivity contribution in [1.82, 2.24) is 0 Å². The Labute approximate surface area is 89.8 Å². The summed E-state index contributed by atoms with van der Waals surface area (Å²) in [4.78, 5) is 0. The van der Waals surface area contributed by atoms with E-state index in [0.29, 0.717) is 5.41 Å². The number of aliphatic hydroxyl groups is 1. The largest absolute Gasteiger partial charge is 0.385 e. The minimum Gasteiger partial charge on any atom is -0.385 e. The van der Waals surface area contributed by atoms with Gasteiger partial charge in [-0.25, -0.2) is 0 Å². The number of hydrogen-bond acceptors (Lipinski definition) is 2. The molecule has 0 bridgehead atoms. The summed E-state index contributed by atoms with van der Waals surface area (Å²) in [6, 6.07) is 2.06. The lowest BCUT2D eigenvalue weighted by atomic mass is 9.69. The summed E-state index contributed by atoms with van der Waals surface area (Å²) in [5.74, 6) is 0. The molecule has 1 heterocycles. The first-order chi connectivity index (χ1) is 6.52. The minimum absolute atomic E-state index is 0.419. The minimum atomic E-state index is -0.532. The lowest BCUT2D eigenvalue weighted by Gasteiger charge is -2.40. The Bertz CT molecular complexity index is 290. The molecule has 1 saturated carbocycles. The second-order valence-corrected chi connectivity index (χ2v) is 5.99. The molecule has 0 aliphatic heterocycles. The number of rotatable bonds is 1. The summed E-state index contributed by atoms with van der Waals surface area (Å²) in [5.41, 5.74) is 1.01. The van der Waals surface area contributed by atoms with Crippen LogP contribution in [0, 0.1) is 5.41 Å². The van der Waals surface area contributed by atoms with Crippen LogP contribution in [-0.4, -0.2) is 5.11 Å². The molecule has 1 nitrogen and oxygen atoms in total. The molecule has 1 N–H and O–H groups in total. The quantitative estimate of drug-likeness (QED) is 0.751. The van der Waals surface area contributed by atoms with Crippen molar-refractivity contribution in [2.24, 2.45) is 5.41 Å². The van der Waals surface area contributed by atoms with E-state index in [9.17, 15) is 5.11 Å². The summed E-state index contributed by atoms with van der Waals surface area (Å²) < 4.78 is 0. The van der Waals surface area contributed by atoms with Crippen LogP contribution in [0.2, 0.25) is 0 Å². The third-order valence-corrected chi connectivity index (χ3v) is 4.17. The van der Waals surface area contributed by atoms with Gasteiger partial charge in [0.2, 0.25) is 0 Å². The zero-order valence-electron chi connectivity index (χ0n) is 8.92. The van der Waals surface area contributed by atoms with Crippen molar-refractivity contribution in [1.29, 1.82) is 0 Å². The van der Waals surface area contributed by atoms with Gasteiger partial charge in [-0.05, 0) is 53.5 Å². The molecule has 2 rings (SSSR count).